The van der Waals surface area contributed by atoms with Crippen LogP contribution in [0.2, 0.25) is 0 Å². The summed E-state index contributed by atoms with van der Waals surface area (Å²) in [4.78, 5) is 10.1. The molecule has 1 N–H and O–H groups in total. The standard InChI is InChI=1S/C12H17FN2O2/c1-8(12(2,3)4)14-10-7-5-6-9(13)11(10)15(16)17/h5-8,14H,1-4H3. The van der Waals surface area contributed by atoms with Gasteiger partial charge in [0.2, 0.25) is 5.82 Å². The van der Waals surface area contributed by atoms with Crippen LogP contribution in [0.3, 0.4) is 0 Å². The van der Waals surface area contributed by atoms with Crippen molar-refractivity contribution in [1.29, 1.82) is 0 Å². The maximum Gasteiger partial charge on any atom is 0.327 e. The van der Waals surface area contributed by atoms with Crippen LogP contribution in [0.25, 0.3) is 0 Å². The fourth-order valence-corrected chi connectivity index (χ4v) is 1.27. The Labute approximate surface area is 100.0 Å². The summed E-state index contributed by atoms with van der Waals surface area (Å²) in [6.07, 6.45) is 0. The van der Waals surface area contributed by atoms with Crippen molar-refractivity contribution in [1.82, 2.24) is 0 Å². The average Bonchev–Trinajstić information content (AvgIpc) is 2.15. The van der Waals surface area contributed by atoms with Gasteiger partial charge in [-0.3, -0.25) is 10.1 Å². The minimum absolute atomic E-state index is 0.0111. The molecule has 0 aromatic heterocycles. The van der Waals surface area contributed by atoms with Crippen molar-refractivity contribution in [3.05, 3.63) is 34.1 Å². The summed E-state index contributed by atoms with van der Waals surface area (Å²) >= 11 is 0. The Morgan fingerprint density at radius 1 is 1.41 bits per heavy atom. The van der Waals surface area contributed by atoms with Gasteiger partial charge in [-0.25, -0.2) is 0 Å². The highest BCUT2D eigenvalue weighted by atomic mass is 19.1. The van der Waals surface area contributed by atoms with Crippen molar-refractivity contribution < 1.29 is 9.31 Å². The van der Waals surface area contributed by atoms with Crippen LogP contribution in [0.4, 0.5) is 15.8 Å². The highest BCUT2D eigenvalue weighted by Gasteiger charge is 2.25. The van der Waals surface area contributed by atoms with Gasteiger partial charge in [0.15, 0.2) is 0 Å². The zero-order valence-electron chi connectivity index (χ0n) is 10.5. The zero-order valence-corrected chi connectivity index (χ0v) is 10.5. The molecule has 4 nitrogen and oxygen atoms in total. The van der Waals surface area contributed by atoms with Crippen molar-refractivity contribution in [2.75, 3.05) is 5.32 Å². The van der Waals surface area contributed by atoms with Gasteiger partial charge in [-0.05, 0) is 24.5 Å². The molecule has 0 aliphatic carbocycles. The van der Waals surface area contributed by atoms with E-state index in [1.165, 1.54) is 12.1 Å². The summed E-state index contributed by atoms with van der Waals surface area (Å²) < 4.78 is 13.4. The minimum Gasteiger partial charge on any atom is -0.376 e. The van der Waals surface area contributed by atoms with Crippen LogP contribution >= 0.6 is 0 Å². The molecule has 1 atom stereocenters. The van der Waals surface area contributed by atoms with Crippen LogP contribution in [-0.4, -0.2) is 11.0 Å². The molecular weight excluding hydrogens is 223 g/mol. The lowest BCUT2D eigenvalue weighted by Gasteiger charge is -2.28. The van der Waals surface area contributed by atoms with Crippen LogP contribution < -0.4 is 5.32 Å². The molecule has 0 spiro atoms. The maximum atomic E-state index is 13.4. The quantitative estimate of drug-likeness (QED) is 0.649. The van der Waals surface area contributed by atoms with Gasteiger partial charge in [-0.15, -0.1) is 0 Å². The molecule has 0 amide bonds. The molecule has 0 aliphatic rings. The van der Waals surface area contributed by atoms with Crippen molar-refractivity contribution in [2.24, 2.45) is 5.41 Å². The van der Waals surface area contributed by atoms with Crippen LogP contribution in [0, 0.1) is 21.3 Å². The fourth-order valence-electron chi connectivity index (χ4n) is 1.27. The van der Waals surface area contributed by atoms with E-state index >= 15 is 0 Å². The number of benzene rings is 1. The molecule has 1 aromatic carbocycles. The molecular formula is C12H17FN2O2. The van der Waals surface area contributed by atoms with E-state index < -0.39 is 16.4 Å². The van der Waals surface area contributed by atoms with Gasteiger partial charge in [0.1, 0.15) is 5.69 Å². The molecule has 1 unspecified atom stereocenters. The van der Waals surface area contributed by atoms with E-state index in [0.717, 1.165) is 6.07 Å². The van der Waals surface area contributed by atoms with E-state index in [-0.39, 0.29) is 17.1 Å². The molecule has 0 saturated heterocycles. The number of nitro groups is 1. The van der Waals surface area contributed by atoms with Gasteiger partial charge in [0, 0.05) is 6.04 Å². The monoisotopic (exact) mass is 240 g/mol. The Bertz CT molecular complexity index is 427. The molecule has 0 heterocycles. The van der Waals surface area contributed by atoms with E-state index in [2.05, 4.69) is 5.32 Å². The number of nitrogens with one attached hydrogen (secondary N) is 1. The molecule has 0 radical (unpaired) electrons. The van der Waals surface area contributed by atoms with Gasteiger partial charge in [-0.1, -0.05) is 26.8 Å². The van der Waals surface area contributed by atoms with Crippen LogP contribution in [-0.2, 0) is 0 Å². The number of para-hydroxylation sites is 1. The first-order chi connectivity index (χ1) is 7.73. The second-order valence-electron chi connectivity index (χ2n) is 5.13. The maximum absolute atomic E-state index is 13.4. The van der Waals surface area contributed by atoms with E-state index in [9.17, 15) is 14.5 Å². The summed E-state index contributed by atoms with van der Waals surface area (Å²) in [5, 5.41) is 13.8. The summed E-state index contributed by atoms with van der Waals surface area (Å²) in [7, 11) is 0. The van der Waals surface area contributed by atoms with Crippen molar-refractivity contribution in [3.8, 4) is 0 Å². The molecule has 94 valence electrons. The lowest BCUT2D eigenvalue weighted by Crippen LogP contribution is -2.31. The third kappa shape index (κ3) is 3.15. The number of halogens is 1. The summed E-state index contributed by atoms with van der Waals surface area (Å²) in [6, 6.07) is 4.05. The van der Waals surface area contributed by atoms with Gasteiger partial charge >= 0.3 is 5.69 Å². The van der Waals surface area contributed by atoms with Crippen LogP contribution in [0.5, 0.6) is 0 Å². The Kier molecular flexibility index (Phi) is 3.70. The number of anilines is 1. The Morgan fingerprint density at radius 2 is 2.00 bits per heavy atom. The minimum atomic E-state index is -0.818. The zero-order chi connectivity index (χ0) is 13.2. The molecule has 0 aliphatic heterocycles. The third-order valence-electron chi connectivity index (χ3n) is 2.84. The first-order valence-electron chi connectivity index (χ1n) is 5.43. The summed E-state index contributed by atoms with van der Waals surface area (Å²) in [5.41, 5.74) is -0.346. The molecule has 0 bridgehead atoms. The number of rotatable bonds is 3. The second kappa shape index (κ2) is 4.69. The van der Waals surface area contributed by atoms with Gasteiger partial charge < -0.3 is 5.32 Å². The number of nitro benzene ring substituents is 1. The first kappa shape index (κ1) is 13.4. The van der Waals surface area contributed by atoms with Gasteiger partial charge in [0.05, 0.1) is 4.92 Å². The van der Waals surface area contributed by atoms with Crippen molar-refractivity contribution in [3.63, 3.8) is 0 Å². The fraction of sp³-hybridized carbons (Fsp3) is 0.500. The summed E-state index contributed by atoms with van der Waals surface area (Å²) in [5.74, 6) is -0.818. The normalized spacial score (nSPS) is 13.2. The van der Waals surface area contributed by atoms with Gasteiger partial charge in [-0.2, -0.15) is 4.39 Å². The number of nitrogens with zero attached hydrogens (tertiary/aromatic N) is 1. The van der Waals surface area contributed by atoms with E-state index in [1.54, 1.807) is 0 Å². The molecule has 17 heavy (non-hydrogen) atoms. The molecule has 0 fully saturated rings. The highest BCUT2D eigenvalue weighted by molar-refractivity contribution is 5.62. The smallest absolute Gasteiger partial charge is 0.327 e. The van der Waals surface area contributed by atoms with Crippen LogP contribution in [0.1, 0.15) is 27.7 Å². The van der Waals surface area contributed by atoms with E-state index in [4.69, 9.17) is 0 Å². The SMILES string of the molecule is CC(Nc1cccc(F)c1[N+](=O)[O-])C(C)(C)C. The average molecular weight is 240 g/mol. The lowest BCUT2D eigenvalue weighted by atomic mass is 9.88. The largest absolute Gasteiger partial charge is 0.376 e. The van der Waals surface area contributed by atoms with E-state index in [1.807, 2.05) is 27.7 Å². The molecule has 1 rings (SSSR count). The second-order valence-corrected chi connectivity index (χ2v) is 5.13. The Morgan fingerprint density at radius 3 is 2.47 bits per heavy atom. The number of hydrogen-bond donors (Lipinski definition) is 1. The molecule has 5 heteroatoms. The Hall–Kier alpha value is -1.65. The van der Waals surface area contributed by atoms with Crippen molar-refractivity contribution in [2.45, 2.75) is 33.7 Å². The highest BCUT2D eigenvalue weighted by Crippen LogP contribution is 2.30. The molecule has 0 saturated carbocycles. The third-order valence-corrected chi connectivity index (χ3v) is 2.84. The lowest BCUT2D eigenvalue weighted by molar-refractivity contribution is -0.386. The first-order valence-corrected chi connectivity index (χ1v) is 5.43. The Balaban J connectivity index is 3.07. The predicted octanol–water partition coefficient (Wildman–Crippen LogP) is 3.58. The molecule has 1 aromatic rings. The predicted molar refractivity (Wildman–Crippen MR) is 65.6 cm³/mol. The van der Waals surface area contributed by atoms with Crippen LogP contribution in [0.15, 0.2) is 18.2 Å². The van der Waals surface area contributed by atoms with Crippen molar-refractivity contribution >= 4 is 11.4 Å². The summed E-state index contributed by atoms with van der Waals surface area (Å²) in [6.45, 7) is 7.94. The van der Waals surface area contributed by atoms with E-state index in [0.29, 0.717) is 0 Å². The van der Waals surface area contributed by atoms with Gasteiger partial charge in [0.25, 0.3) is 0 Å². The number of hydrogen-bond acceptors (Lipinski definition) is 3. The topological polar surface area (TPSA) is 55.2 Å².